The molecule has 1 rings (SSSR count). The first-order valence-electron chi connectivity index (χ1n) is 6.57. The number of hydrogen-bond acceptors (Lipinski definition) is 3. The number of carbonyl (C=O) groups is 1. The maximum Gasteiger partial charge on any atom is 0.235 e. The summed E-state index contributed by atoms with van der Waals surface area (Å²) >= 11 is 0. The molecule has 0 aliphatic heterocycles. The van der Waals surface area contributed by atoms with Crippen LogP contribution in [0.1, 0.15) is 46.0 Å². The van der Waals surface area contributed by atoms with Crippen LogP contribution in [-0.2, 0) is 14.8 Å². The monoisotopic (exact) mass is 276 g/mol. The predicted octanol–water partition coefficient (Wildman–Crippen LogP) is 1.11. The second-order valence-corrected chi connectivity index (χ2v) is 7.26. The molecule has 0 atom stereocenters. The van der Waals surface area contributed by atoms with Crippen LogP contribution in [0.5, 0.6) is 0 Å². The molecule has 0 aromatic carbocycles. The molecule has 1 aliphatic carbocycles. The highest BCUT2D eigenvalue weighted by molar-refractivity contribution is 7.88. The summed E-state index contributed by atoms with van der Waals surface area (Å²) in [5, 5.41) is 2.74. The van der Waals surface area contributed by atoms with Crippen molar-refractivity contribution in [3.8, 4) is 0 Å². The highest BCUT2D eigenvalue weighted by Gasteiger charge is 2.29. The first kappa shape index (κ1) is 15.4. The van der Waals surface area contributed by atoms with E-state index in [2.05, 4.69) is 5.32 Å². The topological polar surface area (TPSA) is 66.5 Å². The van der Waals surface area contributed by atoms with Crippen molar-refractivity contribution in [2.24, 2.45) is 0 Å². The SMILES string of the molecule is CC(C)NC(=O)CN(C1CCCCC1)S(C)(=O)=O. The van der Waals surface area contributed by atoms with Gasteiger partial charge in [0.25, 0.3) is 0 Å². The number of amides is 1. The molecule has 0 bridgehead atoms. The van der Waals surface area contributed by atoms with Crippen molar-refractivity contribution in [2.45, 2.75) is 58.0 Å². The summed E-state index contributed by atoms with van der Waals surface area (Å²) in [7, 11) is -3.32. The number of carbonyl (C=O) groups excluding carboxylic acids is 1. The average molecular weight is 276 g/mol. The molecule has 1 N–H and O–H groups in total. The molecule has 1 aliphatic rings. The summed E-state index contributed by atoms with van der Waals surface area (Å²) in [6.07, 6.45) is 6.16. The van der Waals surface area contributed by atoms with Gasteiger partial charge in [0.2, 0.25) is 15.9 Å². The number of nitrogens with one attached hydrogen (secondary N) is 1. The Bertz CT molecular complexity index is 373. The van der Waals surface area contributed by atoms with E-state index in [1.54, 1.807) is 0 Å². The maximum atomic E-state index is 11.8. The first-order chi connectivity index (χ1) is 8.30. The van der Waals surface area contributed by atoms with E-state index in [4.69, 9.17) is 0 Å². The van der Waals surface area contributed by atoms with Crippen molar-refractivity contribution < 1.29 is 13.2 Å². The summed E-state index contributed by atoms with van der Waals surface area (Å²) in [6.45, 7) is 3.67. The van der Waals surface area contributed by atoms with Gasteiger partial charge in [-0.05, 0) is 26.7 Å². The zero-order valence-corrected chi connectivity index (χ0v) is 12.3. The Kier molecular flexibility index (Phi) is 5.59. The van der Waals surface area contributed by atoms with E-state index in [0.717, 1.165) is 32.1 Å². The number of rotatable bonds is 5. The number of sulfonamides is 1. The smallest absolute Gasteiger partial charge is 0.235 e. The molecule has 1 saturated carbocycles. The van der Waals surface area contributed by atoms with E-state index >= 15 is 0 Å². The van der Waals surface area contributed by atoms with Gasteiger partial charge in [-0.3, -0.25) is 4.79 Å². The quantitative estimate of drug-likeness (QED) is 0.818. The van der Waals surface area contributed by atoms with Crippen molar-refractivity contribution >= 4 is 15.9 Å². The standard InChI is InChI=1S/C12H24N2O3S/c1-10(2)13-12(15)9-14(18(3,16)17)11-7-5-4-6-8-11/h10-11H,4-9H2,1-3H3,(H,13,15). The average Bonchev–Trinajstić information content (AvgIpc) is 2.24. The van der Waals surface area contributed by atoms with Gasteiger partial charge in [0, 0.05) is 12.1 Å². The fraction of sp³-hybridized carbons (Fsp3) is 0.917. The molecule has 0 aromatic rings. The van der Waals surface area contributed by atoms with Gasteiger partial charge in [0.05, 0.1) is 12.8 Å². The predicted molar refractivity (Wildman–Crippen MR) is 71.7 cm³/mol. The molecule has 6 heteroatoms. The largest absolute Gasteiger partial charge is 0.353 e. The fourth-order valence-electron chi connectivity index (χ4n) is 2.40. The van der Waals surface area contributed by atoms with Gasteiger partial charge in [-0.25, -0.2) is 8.42 Å². The summed E-state index contributed by atoms with van der Waals surface area (Å²) < 4.78 is 25.0. The van der Waals surface area contributed by atoms with Crippen LogP contribution in [0, 0.1) is 0 Å². The Balaban J connectivity index is 2.70. The zero-order chi connectivity index (χ0) is 13.8. The Hall–Kier alpha value is -0.620. The number of hydrogen-bond donors (Lipinski definition) is 1. The molecular weight excluding hydrogens is 252 g/mol. The fourth-order valence-corrected chi connectivity index (χ4v) is 3.50. The van der Waals surface area contributed by atoms with E-state index in [-0.39, 0.29) is 24.5 Å². The van der Waals surface area contributed by atoms with Crippen LogP contribution >= 0.6 is 0 Å². The van der Waals surface area contributed by atoms with Crippen molar-refractivity contribution in [1.82, 2.24) is 9.62 Å². The molecule has 0 saturated heterocycles. The van der Waals surface area contributed by atoms with Crippen LogP contribution < -0.4 is 5.32 Å². The number of nitrogens with zero attached hydrogens (tertiary/aromatic N) is 1. The highest BCUT2D eigenvalue weighted by Crippen LogP contribution is 2.24. The molecule has 0 radical (unpaired) electrons. The normalized spacial score (nSPS) is 18.3. The minimum absolute atomic E-state index is 0.00772. The van der Waals surface area contributed by atoms with Crippen LogP contribution in [-0.4, -0.2) is 43.5 Å². The van der Waals surface area contributed by atoms with Crippen molar-refractivity contribution in [1.29, 1.82) is 0 Å². The molecule has 0 aromatic heterocycles. The van der Waals surface area contributed by atoms with Gasteiger partial charge >= 0.3 is 0 Å². The molecule has 1 amide bonds. The Labute approximate surface area is 110 Å². The molecule has 0 unspecified atom stereocenters. The van der Waals surface area contributed by atoms with Gasteiger partial charge in [-0.2, -0.15) is 4.31 Å². The summed E-state index contributed by atoms with van der Waals surface area (Å²) in [4.78, 5) is 11.7. The summed E-state index contributed by atoms with van der Waals surface area (Å²) in [6, 6.07) is 0.0249. The second kappa shape index (κ2) is 6.52. The van der Waals surface area contributed by atoms with E-state index in [9.17, 15) is 13.2 Å². The Morgan fingerprint density at radius 3 is 2.28 bits per heavy atom. The lowest BCUT2D eigenvalue weighted by Crippen LogP contribution is -2.47. The van der Waals surface area contributed by atoms with Crippen LogP contribution in [0.15, 0.2) is 0 Å². The molecule has 0 heterocycles. The third-order valence-electron chi connectivity index (χ3n) is 3.16. The van der Waals surface area contributed by atoms with Crippen molar-refractivity contribution in [3.05, 3.63) is 0 Å². The van der Waals surface area contributed by atoms with Crippen LogP contribution in [0.4, 0.5) is 0 Å². The summed E-state index contributed by atoms with van der Waals surface area (Å²) in [5.74, 6) is -0.221. The lowest BCUT2D eigenvalue weighted by Gasteiger charge is -2.32. The Morgan fingerprint density at radius 1 is 1.28 bits per heavy atom. The van der Waals surface area contributed by atoms with Gasteiger partial charge in [-0.15, -0.1) is 0 Å². The summed E-state index contributed by atoms with van der Waals surface area (Å²) in [5.41, 5.74) is 0. The molecule has 5 nitrogen and oxygen atoms in total. The lowest BCUT2D eigenvalue weighted by atomic mass is 9.95. The maximum absolute atomic E-state index is 11.8. The third kappa shape index (κ3) is 4.94. The van der Waals surface area contributed by atoms with Gasteiger partial charge in [0.15, 0.2) is 0 Å². The van der Waals surface area contributed by atoms with Gasteiger partial charge in [-0.1, -0.05) is 19.3 Å². The third-order valence-corrected chi connectivity index (χ3v) is 4.44. The van der Waals surface area contributed by atoms with Crippen LogP contribution in [0.2, 0.25) is 0 Å². The van der Waals surface area contributed by atoms with E-state index < -0.39 is 10.0 Å². The van der Waals surface area contributed by atoms with Crippen LogP contribution in [0.25, 0.3) is 0 Å². The minimum Gasteiger partial charge on any atom is -0.353 e. The lowest BCUT2D eigenvalue weighted by molar-refractivity contribution is -0.122. The zero-order valence-electron chi connectivity index (χ0n) is 11.5. The van der Waals surface area contributed by atoms with E-state index in [0.29, 0.717) is 0 Å². The highest BCUT2D eigenvalue weighted by atomic mass is 32.2. The molecule has 0 spiro atoms. The van der Waals surface area contributed by atoms with Gasteiger partial charge in [0.1, 0.15) is 0 Å². The Morgan fingerprint density at radius 2 is 1.83 bits per heavy atom. The van der Waals surface area contributed by atoms with Crippen LogP contribution in [0.3, 0.4) is 0 Å². The second-order valence-electron chi connectivity index (χ2n) is 5.32. The van der Waals surface area contributed by atoms with Gasteiger partial charge < -0.3 is 5.32 Å². The molecule has 18 heavy (non-hydrogen) atoms. The first-order valence-corrected chi connectivity index (χ1v) is 8.41. The van der Waals surface area contributed by atoms with Crippen molar-refractivity contribution in [3.63, 3.8) is 0 Å². The minimum atomic E-state index is -3.32. The van der Waals surface area contributed by atoms with Crippen molar-refractivity contribution in [2.75, 3.05) is 12.8 Å². The molecular formula is C12H24N2O3S. The molecule has 1 fully saturated rings. The van der Waals surface area contributed by atoms with E-state index in [1.165, 1.54) is 10.6 Å². The molecule has 106 valence electrons. The van der Waals surface area contributed by atoms with E-state index in [1.807, 2.05) is 13.8 Å².